The van der Waals surface area contributed by atoms with Crippen molar-refractivity contribution in [1.29, 1.82) is 0 Å². The Morgan fingerprint density at radius 1 is 0.581 bits per heavy atom. The van der Waals surface area contributed by atoms with E-state index in [1.807, 2.05) is 41.5 Å². The van der Waals surface area contributed by atoms with Crippen molar-refractivity contribution in [2.45, 2.75) is 123 Å². The lowest BCUT2D eigenvalue weighted by Gasteiger charge is -2.28. The molecule has 5 atom stereocenters. The topological polar surface area (TPSA) is 243 Å². The molecule has 0 aromatic carbocycles. The second kappa shape index (κ2) is 20.6. The van der Waals surface area contributed by atoms with Gasteiger partial charge in [0.1, 0.15) is 24.2 Å². The maximum Gasteiger partial charge on any atom is 0.326 e. The number of carboxylic acids is 2. The Bertz CT molecular complexity index is 927. The first-order valence-corrected chi connectivity index (χ1v) is 15.1. The normalized spacial score (nSPS) is 14.9. The second-order valence-electron chi connectivity index (χ2n) is 12.3. The summed E-state index contributed by atoms with van der Waals surface area (Å²) in [6, 6.07) is -5.52. The number of carboxylic acid groups (broad SMARTS) is 2. The van der Waals surface area contributed by atoms with Gasteiger partial charge in [-0.1, -0.05) is 41.5 Å². The Balaban J connectivity index is 5.87. The maximum absolute atomic E-state index is 13.4. The predicted octanol–water partition coefficient (Wildman–Crippen LogP) is 0.470. The summed E-state index contributed by atoms with van der Waals surface area (Å²) in [5.74, 6) is -5.08. The molecule has 0 aliphatic rings. The lowest BCUT2D eigenvalue weighted by Crippen LogP contribution is -2.59. The van der Waals surface area contributed by atoms with Crippen molar-refractivity contribution in [3.63, 3.8) is 0 Å². The zero-order valence-corrected chi connectivity index (χ0v) is 26.5. The second-order valence-corrected chi connectivity index (χ2v) is 12.3. The van der Waals surface area contributed by atoms with E-state index in [-0.39, 0.29) is 43.4 Å². The molecule has 0 saturated carbocycles. The average molecular weight is 615 g/mol. The van der Waals surface area contributed by atoms with Crippen molar-refractivity contribution in [2.24, 2.45) is 29.2 Å². The van der Waals surface area contributed by atoms with E-state index in [4.69, 9.17) is 16.6 Å². The highest BCUT2D eigenvalue weighted by atomic mass is 16.4. The monoisotopic (exact) mass is 614 g/mol. The Hall–Kier alpha value is -3.26. The van der Waals surface area contributed by atoms with E-state index in [1.165, 1.54) is 0 Å². The molecule has 0 radical (unpaired) electrons. The van der Waals surface area contributed by atoms with E-state index in [2.05, 4.69) is 21.3 Å². The van der Waals surface area contributed by atoms with Crippen molar-refractivity contribution < 1.29 is 39.0 Å². The smallest absolute Gasteiger partial charge is 0.326 e. The molecule has 0 unspecified atom stereocenters. The van der Waals surface area contributed by atoms with Crippen LogP contribution in [0.3, 0.4) is 0 Å². The molecule has 0 aromatic heterocycles. The molecule has 0 aromatic rings. The van der Waals surface area contributed by atoms with E-state index in [9.17, 15) is 33.9 Å². The summed E-state index contributed by atoms with van der Waals surface area (Å²) >= 11 is 0. The molecule has 0 rings (SSSR count). The Kier molecular flexibility index (Phi) is 19.0. The lowest BCUT2D eigenvalue weighted by atomic mass is 9.99. The van der Waals surface area contributed by atoms with Gasteiger partial charge < -0.3 is 42.9 Å². The summed E-state index contributed by atoms with van der Waals surface area (Å²) in [5, 5.41) is 29.0. The number of hydrogen-bond acceptors (Lipinski definition) is 8. The van der Waals surface area contributed by atoms with Crippen LogP contribution in [0.15, 0.2) is 0 Å². The average Bonchev–Trinajstić information content (AvgIpc) is 2.88. The highest BCUT2D eigenvalue weighted by molar-refractivity contribution is 5.95. The van der Waals surface area contributed by atoms with Gasteiger partial charge in [-0.05, 0) is 69.2 Å². The van der Waals surface area contributed by atoms with E-state index in [0.29, 0.717) is 25.8 Å². The van der Waals surface area contributed by atoms with Crippen molar-refractivity contribution >= 4 is 35.6 Å². The van der Waals surface area contributed by atoms with Crippen LogP contribution in [0.1, 0.15) is 92.9 Å². The Morgan fingerprint density at radius 3 is 1.40 bits per heavy atom. The van der Waals surface area contributed by atoms with Crippen LogP contribution in [0.2, 0.25) is 0 Å². The third kappa shape index (κ3) is 17.5. The number of rotatable bonds is 22. The van der Waals surface area contributed by atoms with Gasteiger partial charge in [-0.3, -0.25) is 24.0 Å². The van der Waals surface area contributed by atoms with Gasteiger partial charge in [0.25, 0.3) is 0 Å². The quantitative estimate of drug-likeness (QED) is 0.0783. The highest BCUT2D eigenvalue weighted by Crippen LogP contribution is 2.11. The molecule has 0 aliphatic carbocycles. The zero-order chi connectivity index (χ0) is 33.3. The first-order valence-electron chi connectivity index (χ1n) is 15.1. The fourth-order valence-electron chi connectivity index (χ4n) is 4.40. The van der Waals surface area contributed by atoms with E-state index in [1.54, 1.807) is 0 Å². The number of aliphatic carboxylic acids is 2. The van der Waals surface area contributed by atoms with Crippen molar-refractivity contribution in [2.75, 3.05) is 6.54 Å². The van der Waals surface area contributed by atoms with Crippen LogP contribution in [-0.2, 0) is 28.8 Å². The summed E-state index contributed by atoms with van der Waals surface area (Å²) in [6.45, 7) is 11.5. The lowest BCUT2D eigenvalue weighted by molar-refractivity contribution is -0.142. The summed E-state index contributed by atoms with van der Waals surface area (Å²) in [4.78, 5) is 75.4. The van der Waals surface area contributed by atoms with Gasteiger partial charge in [0.05, 0.1) is 6.04 Å². The summed E-state index contributed by atoms with van der Waals surface area (Å²) in [5.41, 5.74) is 11.4. The van der Waals surface area contributed by atoms with Crippen LogP contribution in [0.25, 0.3) is 0 Å². The molecular formula is C29H54N6O8. The van der Waals surface area contributed by atoms with Crippen LogP contribution in [0.5, 0.6) is 0 Å². The molecule has 43 heavy (non-hydrogen) atoms. The first kappa shape index (κ1) is 39.7. The number of nitrogens with two attached hydrogens (primary N) is 2. The maximum atomic E-state index is 13.4. The van der Waals surface area contributed by atoms with Crippen molar-refractivity contribution in [1.82, 2.24) is 21.3 Å². The molecule has 0 fully saturated rings. The molecule has 10 N–H and O–H groups in total. The molecule has 0 saturated heterocycles. The van der Waals surface area contributed by atoms with Gasteiger partial charge in [-0.2, -0.15) is 0 Å². The van der Waals surface area contributed by atoms with Crippen molar-refractivity contribution in [3.05, 3.63) is 0 Å². The number of hydrogen-bond donors (Lipinski definition) is 8. The molecule has 0 spiro atoms. The Morgan fingerprint density at radius 2 is 1.00 bits per heavy atom. The standard InChI is InChI=1S/C29H54N6O8/c1-16(2)13-19(31)25(38)32-20(10-11-24(36)37)26(39)34-23(15-18(5)6)28(41)35-22(14-17(3)4)27(40)33-21(29(42)43)9-7-8-12-30/h16-23H,7-15,30-31H2,1-6H3,(H,32,38)(H,33,40)(H,34,39)(H,35,41)(H,36,37)(H,42,43)/t19-,20-,21-,22-,23-/m0/s1. The van der Waals surface area contributed by atoms with Gasteiger partial charge in [0.15, 0.2) is 0 Å². The molecule has 0 heterocycles. The molecule has 0 bridgehead atoms. The van der Waals surface area contributed by atoms with Crippen LogP contribution >= 0.6 is 0 Å². The van der Waals surface area contributed by atoms with E-state index < -0.39 is 72.2 Å². The Labute approximate surface area is 254 Å². The summed E-state index contributed by atoms with van der Waals surface area (Å²) in [7, 11) is 0. The largest absolute Gasteiger partial charge is 0.481 e. The number of carbonyl (C=O) groups is 6. The molecule has 14 nitrogen and oxygen atoms in total. The van der Waals surface area contributed by atoms with Crippen LogP contribution in [0, 0.1) is 17.8 Å². The minimum Gasteiger partial charge on any atom is -0.481 e. The minimum atomic E-state index is -1.26. The van der Waals surface area contributed by atoms with Crippen molar-refractivity contribution in [3.8, 4) is 0 Å². The van der Waals surface area contributed by atoms with Crippen LogP contribution in [-0.4, -0.2) is 82.5 Å². The highest BCUT2D eigenvalue weighted by Gasteiger charge is 2.32. The van der Waals surface area contributed by atoms with Gasteiger partial charge in [-0.15, -0.1) is 0 Å². The number of nitrogens with one attached hydrogen (secondary N) is 4. The van der Waals surface area contributed by atoms with Gasteiger partial charge in [0, 0.05) is 6.42 Å². The van der Waals surface area contributed by atoms with Crippen LogP contribution in [0.4, 0.5) is 0 Å². The fraction of sp³-hybridized carbons (Fsp3) is 0.793. The molecular weight excluding hydrogens is 560 g/mol. The zero-order valence-electron chi connectivity index (χ0n) is 26.5. The third-order valence-corrected chi connectivity index (χ3v) is 6.58. The summed E-state index contributed by atoms with van der Waals surface area (Å²) < 4.78 is 0. The van der Waals surface area contributed by atoms with E-state index >= 15 is 0 Å². The first-order chi connectivity index (χ1) is 20.0. The van der Waals surface area contributed by atoms with Crippen LogP contribution < -0.4 is 32.7 Å². The number of carbonyl (C=O) groups excluding carboxylic acids is 4. The molecule has 0 aliphatic heterocycles. The van der Waals surface area contributed by atoms with E-state index in [0.717, 1.165) is 0 Å². The number of unbranched alkanes of at least 4 members (excludes halogenated alkanes) is 1. The fourth-order valence-corrected chi connectivity index (χ4v) is 4.40. The molecule has 4 amide bonds. The van der Waals surface area contributed by atoms with Gasteiger partial charge in [0.2, 0.25) is 23.6 Å². The van der Waals surface area contributed by atoms with Gasteiger partial charge >= 0.3 is 11.9 Å². The molecule has 14 heteroatoms. The number of amides is 4. The minimum absolute atomic E-state index is 0.0413. The SMILES string of the molecule is CC(C)C[C@H](NC(=O)[C@H](CC(C)C)NC(=O)[C@H](CCC(=O)O)NC(=O)[C@@H](N)CC(C)C)C(=O)N[C@@H](CCCCN)C(=O)O. The summed E-state index contributed by atoms with van der Waals surface area (Å²) in [6.07, 6.45) is 1.38. The predicted molar refractivity (Wildman–Crippen MR) is 161 cm³/mol. The molecule has 248 valence electrons. The van der Waals surface area contributed by atoms with Gasteiger partial charge in [-0.25, -0.2) is 4.79 Å². The third-order valence-electron chi connectivity index (χ3n) is 6.58.